The highest BCUT2D eigenvalue weighted by molar-refractivity contribution is 14.0. The van der Waals surface area contributed by atoms with Crippen LogP contribution in [0.1, 0.15) is 49.4 Å². The number of rotatable bonds is 8. The van der Waals surface area contributed by atoms with Crippen LogP contribution >= 0.6 is 35.3 Å². The first-order chi connectivity index (χ1) is 11.4. The lowest BCUT2D eigenvalue weighted by Crippen LogP contribution is -2.42. The van der Waals surface area contributed by atoms with E-state index in [-0.39, 0.29) is 24.0 Å². The molecule has 1 aliphatic heterocycles. The summed E-state index contributed by atoms with van der Waals surface area (Å²) in [6, 6.07) is 4.90. The zero-order chi connectivity index (χ0) is 15.9. The topological polar surface area (TPSA) is 39.7 Å². The van der Waals surface area contributed by atoms with Gasteiger partial charge in [0.25, 0.3) is 0 Å². The van der Waals surface area contributed by atoms with Gasteiger partial charge >= 0.3 is 0 Å². The van der Waals surface area contributed by atoms with Gasteiger partial charge in [-0.15, -0.1) is 35.3 Å². The third kappa shape index (κ3) is 6.19. The molecule has 2 fully saturated rings. The number of hydrogen-bond donors (Lipinski definition) is 2. The van der Waals surface area contributed by atoms with Crippen LogP contribution in [0.3, 0.4) is 0 Å². The molecule has 2 aliphatic rings. The molecular formula is C18H31IN4S. The Morgan fingerprint density at radius 1 is 1.33 bits per heavy atom. The summed E-state index contributed by atoms with van der Waals surface area (Å²) in [6.45, 7) is 4.40. The highest BCUT2D eigenvalue weighted by Crippen LogP contribution is 2.33. The van der Waals surface area contributed by atoms with Crippen LogP contribution in [-0.2, 0) is 0 Å². The Balaban J connectivity index is 0.00000208. The molecule has 136 valence electrons. The smallest absolute Gasteiger partial charge is 0.191 e. The monoisotopic (exact) mass is 462 g/mol. The van der Waals surface area contributed by atoms with Crippen molar-refractivity contribution in [2.45, 2.75) is 44.6 Å². The van der Waals surface area contributed by atoms with Gasteiger partial charge in [-0.3, -0.25) is 9.89 Å². The number of likely N-dealkylation sites (tertiary alicyclic amines) is 1. The molecule has 0 bridgehead atoms. The average Bonchev–Trinajstić information content (AvgIpc) is 3.05. The number of guanidine groups is 1. The molecule has 1 aromatic rings. The van der Waals surface area contributed by atoms with E-state index < -0.39 is 0 Å². The maximum Gasteiger partial charge on any atom is 0.191 e. The van der Waals surface area contributed by atoms with E-state index in [1.807, 2.05) is 18.4 Å². The van der Waals surface area contributed by atoms with Gasteiger partial charge in [0.15, 0.2) is 5.96 Å². The molecule has 6 heteroatoms. The van der Waals surface area contributed by atoms with Crippen molar-refractivity contribution in [2.75, 3.05) is 33.2 Å². The highest BCUT2D eigenvalue weighted by atomic mass is 127. The van der Waals surface area contributed by atoms with Gasteiger partial charge in [-0.1, -0.05) is 18.9 Å². The van der Waals surface area contributed by atoms with Crippen molar-refractivity contribution in [1.29, 1.82) is 0 Å². The van der Waals surface area contributed by atoms with Crippen LogP contribution in [0.25, 0.3) is 0 Å². The minimum absolute atomic E-state index is 0. The maximum absolute atomic E-state index is 4.38. The summed E-state index contributed by atoms with van der Waals surface area (Å²) in [4.78, 5) is 8.45. The normalized spacial score (nSPS) is 19.8. The number of halogens is 1. The minimum atomic E-state index is 0. The highest BCUT2D eigenvalue weighted by Gasteiger charge is 2.24. The lowest BCUT2D eigenvalue weighted by atomic mass is 10.2. The Bertz CT molecular complexity index is 481. The molecule has 4 nitrogen and oxygen atoms in total. The molecule has 1 saturated heterocycles. The van der Waals surface area contributed by atoms with Crippen LogP contribution in [0.4, 0.5) is 0 Å². The molecule has 0 amide bonds. The van der Waals surface area contributed by atoms with Gasteiger partial charge in [0.05, 0.1) is 6.04 Å². The first-order valence-electron chi connectivity index (χ1n) is 9.09. The Kier molecular flexibility index (Phi) is 8.83. The molecule has 1 saturated carbocycles. The molecule has 0 aromatic carbocycles. The van der Waals surface area contributed by atoms with Crippen molar-refractivity contribution in [1.82, 2.24) is 15.5 Å². The lowest BCUT2D eigenvalue weighted by Gasteiger charge is -2.27. The van der Waals surface area contributed by atoms with Crippen molar-refractivity contribution >= 4 is 41.3 Å². The largest absolute Gasteiger partial charge is 0.356 e. The molecule has 3 rings (SSSR count). The Morgan fingerprint density at radius 3 is 2.75 bits per heavy atom. The number of hydrogen-bond acceptors (Lipinski definition) is 3. The molecule has 2 N–H and O–H groups in total. The van der Waals surface area contributed by atoms with E-state index in [0.717, 1.165) is 25.0 Å². The second-order valence-electron chi connectivity index (χ2n) is 6.74. The number of aliphatic imine (C=N–C) groups is 1. The first-order valence-corrected chi connectivity index (χ1v) is 9.97. The summed E-state index contributed by atoms with van der Waals surface area (Å²) in [5.41, 5.74) is 0. The van der Waals surface area contributed by atoms with E-state index in [2.05, 4.69) is 38.0 Å². The molecule has 2 heterocycles. The van der Waals surface area contributed by atoms with Crippen LogP contribution in [0.15, 0.2) is 22.5 Å². The van der Waals surface area contributed by atoms with E-state index in [4.69, 9.17) is 0 Å². The number of thiophene rings is 1. The summed E-state index contributed by atoms with van der Waals surface area (Å²) in [5, 5.41) is 9.19. The number of nitrogens with zero attached hydrogens (tertiary/aromatic N) is 2. The second kappa shape index (κ2) is 10.6. The van der Waals surface area contributed by atoms with Crippen molar-refractivity contribution in [3.63, 3.8) is 0 Å². The predicted octanol–water partition coefficient (Wildman–Crippen LogP) is 3.86. The van der Waals surface area contributed by atoms with Crippen LogP contribution in [0.5, 0.6) is 0 Å². The zero-order valence-corrected chi connectivity index (χ0v) is 17.8. The average molecular weight is 462 g/mol. The van der Waals surface area contributed by atoms with Crippen LogP contribution < -0.4 is 10.6 Å². The predicted molar refractivity (Wildman–Crippen MR) is 115 cm³/mol. The van der Waals surface area contributed by atoms with Crippen molar-refractivity contribution in [3.8, 4) is 0 Å². The second-order valence-corrected chi connectivity index (χ2v) is 7.72. The van der Waals surface area contributed by atoms with Crippen LogP contribution in [0.2, 0.25) is 0 Å². The minimum Gasteiger partial charge on any atom is -0.356 e. The summed E-state index contributed by atoms with van der Waals surface area (Å²) < 4.78 is 0. The van der Waals surface area contributed by atoms with E-state index >= 15 is 0 Å². The van der Waals surface area contributed by atoms with Crippen LogP contribution in [0, 0.1) is 5.92 Å². The molecule has 24 heavy (non-hydrogen) atoms. The van der Waals surface area contributed by atoms with Crippen molar-refractivity contribution in [3.05, 3.63) is 22.4 Å². The quantitative estimate of drug-likeness (QED) is 0.267. The molecule has 0 radical (unpaired) electrons. The fourth-order valence-corrected chi connectivity index (χ4v) is 4.22. The summed E-state index contributed by atoms with van der Waals surface area (Å²) >= 11 is 1.87. The maximum atomic E-state index is 4.38. The van der Waals surface area contributed by atoms with Crippen molar-refractivity contribution < 1.29 is 0 Å². The van der Waals surface area contributed by atoms with Gasteiger partial charge in [-0.25, -0.2) is 0 Å². The Morgan fingerprint density at radius 2 is 2.12 bits per heavy atom. The fourth-order valence-electron chi connectivity index (χ4n) is 3.36. The molecule has 1 unspecified atom stereocenters. The van der Waals surface area contributed by atoms with E-state index in [1.54, 1.807) is 0 Å². The molecule has 1 atom stereocenters. The number of nitrogens with one attached hydrogen (secondary N) is 2. The van der Waals surface area contributed by atoms with Gasteiger partial charge in [0.1, 0.15) is 0 Å². The van der Waals surface area contributed by atoms with Gasteiger partial charge < -0.3 is 10.6 Å². The fraction of sp³-hybridized carbons (Fsp3) is 0.722. The van der Waals surface area contributed by atoms with Crippen LogP contribution in [-0.4, -0.2) is 44.1 Å². The van der Waals surface area contributed by atoms with Gasteiger partial charge in [0.2, 0.25) is 0 Å². The van der Waals surface area contributed by atoms with Gasteiger partial charge in [-0.2, -0.15) is 0 Å². The Hall–Kier alpha value is -0.340. The third-order valence-corrected chi connectivity index (χ3v) is 5.89. The third-order valence-electron chi connectivity index (χ3n) is 4.92. The molecule has 1 aliphatic carbocycles. The van der Waals surface area contributed by atoms with Crippen molar-refractivity contribution in [2.24, 2.45) is 10.9 Å². The lowest BCUT2D eigenvalue weighted by molar-refractivity contribution is 0.249. The molecule has 0 spiro atoms. The van der Waals surface area contributed by atoms with E-state index in [1.165, 1.54) is 56.5 Å². The Labute approximate surface area is 167 Å². The standard InChI is InChI=1S/C18H30N4S.HI/c1-19-18(20-10-4-6-15-8-9-15)21-14-16(17-7-5-13-23-17)22-11-2-3-12-22;/h5,7,13,15-16H,2-4,6,8-12,14H2,1H3,(H2,19,20,21);1H. The zero-order valence-electron chi connectivity index (χ0n) is 14.7. The molecular weight excluding hydrogens is 431 g/mol. The molecule has 1 aromatic heterocycles. The SMILES string of the molecule is CN=C(NCCCC1CC1)NCC(c1cccs1)N1CCCC1.I. The van der Waals surface area contributed by atoms with E-state index in [9.17, 15) is 0 Å². The van der Waals surface area contributed by atoms with E-state index in [0.29, 0.717) is 6.04 Å². The van der Waals surface area contributed by atoms with Gasteiger partial charge in [0, 0.05) is 25.0 Å². The summed E-state index contributed by atoms with van der Waals surface area (Å²) in [5.74, 6) is 1.96. The van der Waals surface area contributed by atoms with Gasteiger partial charge in [-0.05, 0) is 56.1 Å². The summed E-state index contributed by atoms with van der Waals surface area (Å²) in [6.07, 6.45) is 8.18. The first kappa shape index (κ1) is 20.0. The summed E-state index contributed by atoms with van der Waals surface area (Å²) in [7, 11) is 1.87.